The van der Waals surface area contributed by atoms with Crippen LogP contribution >= 0.6 is 11.8 Å². The van der Waals surface area contributed by atoms with Crippen LogP contribution < -0.4 is 11.1 Å². The van der Waals surface area contributed by atoms with Crippen LogP contribution in [0, 0.1) is 0 Å². The van der Waals surface area contributed by atoms with E-state index < -0.39 is 0 Å². The normalized spacial score (nSPS) is 12.8. The molecule has 7 heteroatoms. The average Bonchev–Trinajstić information content (AvgIpc) is 2.58. The Morgan fingerprint density at radius 3 is 2.56 bits per heavy atom. The van der Waals surface area contributed by atoms with E-state index in [1.807, 2.05) is 25.3 Å². The third kappa shape index (κ3) is 2.66. The number of thioether (sulfide) groups is 1. The zero-order valence-corrected chi connectivity index (χ0v) is 10.7. The third-order valence-electron chi connectivity index (χ3n) is 2.11. The van der Waals surface area contributed by atoms with E-state index in [1.54, 1.807) is 7.05 Å². The summed E-state index contributed by atoms with van der Waals surface area (Å²) in [4.78, 5) is 11.4. The molecule has 0 bridgehead atoms. The standard InChI is InChI=1S/C9H17N5OS/c1-5(2)14-8(10)12-13-9(14)16-6(3)7(15)11-4/h5-6H,1-4H3,(H2,10,12)(H,11,15). The second-order valence-electron chi connectivity index (χ2n) is 3.68. The molecular weight excluding hydrogens is 226 g/mol. The van der Waals surface area contributed by atoms with Crippen molar-refractivity contribution in [2.24, 2.45) is 0 Å². The molecule has 1 aromatic heterocycles. The molecule has 1 atom stereocenters. The highest BCUT2D eigenvalue weighted by molar-refractivity contribution is 8.00. The van der Waals surface area contributed by atoms with Gasteiger partial charge in [0.2, 0.25) is 11.9 Å². The number of amides is 1. The lowest BCUT2D eigenvalue weighted by molar-refractivity contribution is -0.119. The van der Waals surface area contributed by atoms with Crippen molar-refractivity contribution in [2.75, 3.05) is 12.8 Å². The summed E-state index contributed by atoms with van der Waals surface area (Å²) in [5, 5.41) is 10.8. The number of nitrogens with zero attached hydrogens (tertiary/aromatic N) is 3. The predicted octanol–water partition coefficient (Wildman–Crippen LogP) is 0.668. The van der Waals surface area contributed by atoms with Crippen molar-refractivity contribution in [1.82, 2.24) is 20.1 Å². The Labute approximate surface area is 99.0 Å². The van der Waals surface area contributed by atoms with Crippen LogP contribution in [0.4, 0.5) is 5.95 Å². The van der Waals surface area contributed by atoms with Gasteiger partial charge in [-0.2, -0.15) is 0 Å². The first-order valence-electron chi connectivity index (χ1n) is 5.06. The summed E-state index contributed by atoms with van der Waals surface area (Å²) in [7, 11) is 1.61. The van der Waals surface area contributed by atoms with Crippen molar-refractivity contribution in [3.05, 3.63) is 0 Å². The second-order valence-corrected chi connectivity index (χ2v) is 4.99. The van der Waals surface area contributed by atoms with Crippen molar-refractivity contribution >= 4 is 23.6 Å². The number of nitrogens with two attached hydrogens (primary N) is 1. The minimum atomic E-state index is -0.217. The topological polar surface area (TPSA) is 85.8 Å². The quantitative estimate of drug-likeness (QED) is 0.759. The maximum Gasteiger partial charge on any atom is 0.233 e. The third-order valence-corrected chi connectivity index (χ3v) is 3.16. The molecule has 0 aliphatic rings. The lowest BCUT2D eigenvalue weighted by Gasteiger charge is -2.13. The van der Waals surface area contributed by atoms with Crippen LogP contribution in [0.15, 0.2) is 5.16 Å². The number of nitrogen functional groups attached to an aromatic ring is 1. The number of anilines is 1. The van der Waals surface area contributed by atoms with Gasteiger partial charge in [-0.3, -0.25) is 9.36 Å². The highest BCUT2D eigenvalue weighted by Gasteiger charge is 2.19. The molecule has 0 aliphatic heterocycles. The molecule has 1 unspecified atom stereocenters. The molecule has 1 amide bonds. The fourth-order valence-corrected chi connectivity index (χ4v) is 2.32. The van der Waals surface area contributed by atoms with Crippen molar-refractivity contribution in [3.8, 4) is 0 Å². The number of carbonyl (C=O) groups excluding carboxylic acids is 1. The van der Waals surface area contributed by atoms with Gasteiger partial charge in [-0.15, -0.1) is 10.2 Å². The molecule has 0 saturated carbocycles. The van der Waals surface area contributed by atoms with Crippen LogP contribution in [-0.2, 0) is 4.79 Å². The zero-order chi connectivity index (χ0) is 12.3. The molecular formula is C9H17N5OS. The van der Waals surface area contributed by atoms with Gasteiger partial charge >= 0.3 is 0 Å². The van der Waals surface area contributed by atoms with E-state index in [9.17, 15) is 4.79 Å². The molecule has 0 fully saturated rings. The summed E-state index contributed by atoms with van der Waals surface area (Å²) < 4.78 is 1.81. The molecule has 1 rings (SSSR count). The monoisotopic (exact) mass is 243 g/mol. The Kier molecular flexibility index (Phi) is 4.17. The summed E-state index contributed by atoms with van der Waals surface area (Å²) in [6.07, 6.45) is 0. The largest absolute Gasteiger partial charge is 0.368 e. The first-order chi connectivity index (χ1) is 7.47. The van der Waals surface area contributed by atoms with Gasteiger partial charge in [0.15, 0.2) is 5.16 Å². The van der Waals surface area contributed by atoms with Crippen LogP contribution in [0.1, 0.15) is 26.8 Å². The second kappa shape index (κ2) is 5.20. The average molecular weight is 243 g/mol. The van der Waals surface area contributed by atoms with Crippen LogP contribution in [0.25, 0.3) is 0 Å². The first kappa shape index (κ1) is 12.8. The molecule has 90 valence electrons. The number of carbonyl (C=O) groups is 1. The van der Waals surface area contributed by atoms with Crippen molar-refractivity contribution < 1.29 is 4.79 Å². The summed E-state index contributed by atoms with van der Waals surface area (Å²) in [5.74, 6) is 0.337. The smallest absolute Gasteiger partial charge is 0.233 e. The van der Waals surface area contributed by atoms with Crippen molar-refractivity contribution in [1.29, 1.82) is 0 Å². The van der Waals surface area contributed by atoms with Crippen molar-refractivity contribution in [2.45, 2.75) is 37.2 Å². The van der Waals surface area contributed by atoms with Crippen LogP contribution in [0.2, 0.25) is 0 Å². The highest BCUT2D eigenvalue weighted by atomic mass is 32.2. The Bertz CT molecular complexity index is 376. The van der Waals surface area contributed by atoms with Gasteiger partial charge in [0, 0.05) is 13.1 Å². The number of nitrogens with one attached hydrogen (secondary N) is 1. The molecule has 6 nitrogen and oxygen atoms in total. The molecule has 0 aromatic carbocycles. The minimum absolute atomic E-state index is 0.0399. The molecule has 0 spiro atoms. The molecule has 0 aliphatic carbocycles. The fraction of sp³-hybridized carbons (Fsp3) is 0.667. The lowest BCUT2D eigenvalue weighted by Crippen LogP contribution is -2.27. The predicted molar refractivity (Wildman–Crippen MR) is 64.2 cm³/mol. The molecule has 1 heterocycles. The summed E-state index contributed by atoms with van der Waals surface area (Å²) in [6, 6.07) is 0.175. The zero-order valence-electron chi connectivity index (χ0n) is 9.89. The Morgan fingerprint density at radius 2 is 2.06 bits per heavy atom. The molecule has 1 aromatic rings. The number of hydrogen-bond donors (Lipinski definition) is 2. The first-order valence-corrected chi connectivity index (χ1v) is 5.94. The lowest BCUT2D eigenvalue weighted by atomic mass is 10.4. The molecule has 3 N–H and O–H groups in total. The van der Waals surface area contributed by atoms with Gasteiger partial charge in [0.1, 0.15) is 0 Å². The van der Waals surface area contributed by atoms with E-state index in [4.69, 9.17) is 5.73 Å². The number of aromatic nitrogens is 3. The molecule has 0 radical (unpaired) electrons. The minimum Gasteiger partial charge on any atom is -0.368 e. The maximum absolute atomic E-state index is 11.4. The molecule has 0 saturated heterocycles. The van der Waals surface area contributed by atoms with Crippen LogP contribution in [-0.4, -0.2) is 33.0 Å². The van der Waals surface area contributed by atoms with Crippen LogP contribution in [0.3, 0.4) is 0 Å². The van der Waals surface area contributed by atoms with Gasteiger partial charge < -0.3 is 11.1 Å². The van der Waals surface area contributed by atoms with E-state index in [2.05, 4.69) is 15.5 Å². The van der Waals surface area contributed by atoms with Crippen LogP contribution in [0.5, 0.6) is 0 Å². The van der Waals surface area contributed by atoms with Crippen molar-refractivity contribution in [3.63, 3.8) is 0 Å². The summed E-state index contributed by atoms with van der Waals surface area (Å²) >= 11 is 1.35. The van der Waals surface area contributed by atoms with Gasteiger partial charge in [-0.05, 0) is 20.8 Å². The van der Waals surface area contributed by atoms with Gasteiger partial charge in [-0.1, -0.05) is 11.8 Å². The van der Waals surface area contributed by atoms with Gasteiger partial charge in [0.25, 0.3) is 0 Å². The summed E-state index contributed by atoms with van der Waals surface area (Å²) in [6.45, 7) is 5.81. The fourth-order valence-electron chi connectivity index (χ4n) is 1.27. The van der Waals surface area contributed by atoms with E-state index in [0.717, 1.165) is 0 Å². The van der Waals surface area contributed by atoms with Gasteiger partial charge in [-0.25, -0.2) is 0 Å². The maximum atomic E-state index is 11.4. The number of hydrogen-bond acceptors (Lipinski definition) is 5. The SMILES string of the molecule is CNC(=O)C(C)Sc1nnc(N)n1C(C)C. The van der Waals surface area contributed by atoms with E-state index in [0.29, 0.717) is 11.1 Å². The molecule has 16 heavy (non-hydrogen) atoms. The number of rotatable bonds is 4. The van der Waals surface area contributed by atoms with E-state index in [1.165, 1.54) is 11.8 Å². The van der Waals surface area contributed by atoms with E-state index >= 15 is 0 Å². The summed E-state index contributed by atoms with van der Waals surface area (Å²) in [5.41, 5.74) is 5.70. The Balaban J connectivity index is 2.85. The highest BCUT2D eigenvalue weighted by Crippen LogP contribution is 2.25. The Morgan fingerprint density at radius 1 is 1.44 bits per heavy atom. The van der Waals surface area contributed by atoms with Gasteiger partial charge in [0.05, 0.1) is 5.25 Å². The Hall–Kier alpha value is -1.24. The van der Waals surface area contributed by atoms with E-state index in [-0.39, 0.29) is 17.2 Å².